The lowest BCUT2D eigenvalue weighted by atomic mass is 9.85. The third kappa shape index (κ3) is 4.50. The topological polar surface area (TPSA) is 52.1 Å². The summed E-state index contributed by atoms with van der Waals surface area (Å²) in [5.41, 5.74) is 4.55. The molecule has 3 aromatic rings. The third-order valence-electron chi connectivity index (χ3n) is 5.77. The number of halogens is 1. The van der Waals surface area contributed by atoms with Gasteiger partial charge >= 0.3 is 5.97 Å². The van der Waals surface area contributed by atoms with Crippen LogP contribution in [0.5, 0.6) is 0 Å². The molecule has 0 radical (unpaired) electrons. The number of carbonyl (C=O) groups excluding carboxylic acids is 1. The zero-order valence-electron chi connectivity index (χ0n) is 17.4. The van der Waals surface area contributed by atoms with Crippen LogP contribution in [0.2, 0.25) is 0 Å². The maximum Gasteiger partial charge on any atom is 0.338 e. The summed E-state index contributed by atoms with van der Waals surface area (Å²) in [6.45, 7) is 2.49. The standard InChI is InChI=1S/C25H27FN2O2/c1-2-3-15-30-25(29)19-11-14-21-22(16-19)28-23(17-7-5-4-6-8-17)24(27-21)18-9-12-20(26)13-10-18/h9-14,16-17H,2-8,15H2,1H3. The van der Waals surface area contributed by atoms with Crippen LogP contribution >= 0.6 is 0 Å². The van der Waals surface area contributed by atoms with E-state index in [1.165, 1.54) is 31.4 Å². The van der Waals surface area contributed by atoms with Crippen molar-refractivity contribution in [2.45, 2.75) is 57.8 Å². The summed E-state index contributed by atoms with van der Waals surface area (Å²) in [5.74, 6) is -0.261. The van der Waals surface area contributed by atoms with E-state index in [2.05, 4.69) is 6.92 Å². The summed E-state index contributed by atoms with van der Waals surface area (Å²) in [7, 11) is 0. The molecule has 1 heterocycles. The monoisotopic (exact) mass is 406 g/mol. The highest BCUT2D eigenvalue weighted by Crippen LogP contribution is 2.37. The highest BCUT2D eigenvalue weighted by atomic mass is 19.1. The minimum absolute atomic E-state index is 0.266. The quantitative estimate of drug-likeness (QED) is 0.349. The molecule has 4 nitrogen and oxygen atoms in total. The number of fused-ring (bicyclic) bond motifs is 1. The number of unbranched alkanes of at least 4 members (excludes halogenated alkanes) is 1. The van der Waals surface area contributed by atoms with Gasteiger partial charge in [0.05, 0.1) is 34.6 Å². The van der Waals surface area contributed by atoms with Crippen LogP contribution in [0, 0.1) is 5.82 Å². The second-order valence-electron chi connectivity index (χ2n) is 7.99. The average molecular weight is 407 g/mol. The van der Waals surface area contributed by atoms with E-state index in [0.29, 0.717) is 23.6 Å². The summed E-state index contributed by atoms with van der Waals surface area (Å²) in [6, 6.07) is 11.8. The van der Waals surface area contributed by atoms with Gasteiger partial charge in [0, 0.05) is 11.5 Å². The maximum absolute atomic E-state index is 13.5. The molecule has 1 aromatic heterocycles. The Kier molecular flexibility index (Phi) is 6.36. The van der Waals surface area contributed by atoms with E-state index >= 15 is 0 Å². The van der Waals surface area contributed by atoms with Crippen molar-refractivity contribution >= 4 is 17.0 Å². The number of benzene rings is 2. The van der Waals surface area contributed by atoms with Crippen LogP contribution in [0.3, 0.4) is 0 Å². The molecule has 0 saturated heterocycles. The van der Waals surface area contributed by atoms with Crippen LogP contribution in [-0.4, -0.2) is 22.5 Å². The molecular formula is C25H27FN2O2. The molecule has 5 heteroatoms. The molecule has 2 aromatic carbocycles. The fourth-order valence-corrected chi connectivity index (χ4v) is 4.07. The van der Waals surface area contributed by atoms with E-state index in [1.54, 1.807) is 24.3 Å². The van der Waals surface area contributed by atoms with Gasteiger partial charge in [0.1, 0.15) is 5.82 Å². The Morgan fingerprint density at radius 1 is 1.03 bits per heavy atom. The van der Waals surface area contributed by atoms with Crippen molar-refractivity contribution in [2.75, 3.05) is 6.61 Å². The molecule has 0 aliphatic heterocycles. The van der Waals surface area contributed by atoms with Crippen molar-refractivity contribution in [3.8, 4) is 11.3 Å². The normalized spacial score (nSPS) is 14.7. The van der Waals surface area contributed by atoms with E-state index in [1.807, 2.05) is 6.07 Å². The Bertz CT molecular complexity index is 1030. The van der Waals surface area contributed by atoms with Gasteiger partial charge in [-0.2, -0.15) is 0 Å². The largest absolute Gasteiger partial charge is 0.462 e. The number of aromatic nitrogens is 2. The Balaban J connectivity index is 1.75. The second kappa shape index (κ2) is 9.33. The van der Waals surface area contributed by atoms with Crippen molar-refractivity contribution in [1.82, 2.24) is 9.97 Å². The average Bonchev–Trinajstić information content (AvgIpc) is 2.79. The minimum atomic E-state index is -0.325. The van der Waals surface area contributed by atoms with Gasteiger partial charge in [0.15, 0.2) is 0 Å². The maximum atomic E-state index is 13.5. The van der Waals surface area contributed by atoms with Gasteiger partial charge in [-0.05, 0) is 61.7 Å². The van der Waals surface area contributed by atoms with Gasteiger partial charge in [-0.1, -0.05) is 32.6 Å². The number of nitrogens with zero attached hydrogens (tertiary/aromatic N) is 2. The van der Waals surface area contributed by atoms with Crippen LogP contribution in [0.1, 0.15) is 73.8 Å². The van der Waals surface area contributed by atoms with Crippen LogP contribution in [-0.2, 0) is 4.74 Å². The molecule has 156 valence electrons. The van der Waals surface area contributed by atoms with E-state index in [0.717, 1.165) is 48.2 Å². The predicted molar refractivity (Wildman–Crippen MR) is 116 cm³/mol. The number of ether oxygens (including phenoxy) is 1. The highest BCUT2D eigenvalue weighted by Gasteiger charge is 2.23. The molecule has 0 N–H and O–H groups in total. The lowest BCUT2D eigenvalue weighted by molar-refractivity contribution is 0.0500. The molecule has 0 unspecified atom stereocenters. The Morgan fingerprint density at radius 3 is 2.53 bits per heavy atom. The van der Waals surface area contributed by atoms with Crippen molar-refractivity contribution in [3.63, 3.8) is 0 Å². The molecule has 4 rings (SSSR count). The SMILES string of the molecule is CCCCOC(=O)c1ccc2nc(-c3ccc(F)cc3)c(C3CCCCC3)nc2c1. The molecule has 0 bridgehead atoms. The summed E-state index contributed by atoms with van der Waals surface area (Å²) >= 11 is 0. The van der Waals surface area contributed by atoms with E-state index in [4.69, 9.17) is 14.7 Å². The fraction of sp³-hybridized carbons (Fsp3) is 0.400. The summed E-state index contributed by atoms with van der Waals surface area (Å²) < 4.78 is 18.8. The molecular weight excluding hydrogens is 379 g/mol. The molecule has 1 aliphatic carbocycles. The van der Waals surface area contributed by atoms with E-state index < -0.39 is 0 Å². The summed E-state index contributed by atoms with van der Waals surface area (Å²) in [4.78, 5) is 22.2. The molecule has 1 aliphatic rings. The van der Waals surface area contributed by atoms with E-state index in [9.17, 15) is 9.18 Å². The molecule has 1 saturated carbocycles. The fourth-order valence-electron chi connectivity index (χ4n) is 4.07. The number of carbonyl (C=O) groups is 1. The van der Waals surface area contributed by atoms with Crippen molar-refractivity contribution < 1.29 is 13.9 Å². The lowest BCUT2D eigenvalue weighted by Gasteiger charge is -2.23. The smallest absolute Gasteiger partial charge is 0.338 e. The van der Waals surface area contributed by atoms with Crippen LogP contribution < -0.4 is 0 Å². The number of hydrogen-bond donors (Lipinski definition) is 0. The van der Waals surface area contributed by atoms with Crippen LogP contribution in [0.15, 0.2) is 42.5 Å². The predicted octanol–water partition coefficient (Wildman–Crippen LogP) is 6.44. The van der Waals surface area contributed by atoms with Gasteiger partial charge in [-0.3, -0.25) is 0 Å². The minimum Gasteiger partial charge on any atom is -0.462 e. The summed E-state index contributed by atoms with van der Waals surface area (Å²) in [5, 5.41) is 0. The van der Waals surface area contributed by atoms with Gasteiger partial charge in [-0.15, -0.1) is 0 Å². The first-order chi connectivity index (χ1) is 14.7. The molecule has 1 fully saturated rings. The summed E-state index contributed by atoms with van der Waals surface area (Å²) in [6.07, 6.45) is 7.59. The first kappa shape index (κ1) is 20.5. The van der Waals surface area contributed by atoms with Gasteiger partial charge in [0.2, 0.25) is 0 Å². The second-order valence-corrected chi connectivity index (χ2v) is 7.99. The van der Waals surface area contributed by atoms with Gasteiger partial charge < -0.3 is 4.74 Å². The number of hydrogen-bond acceptors (Lipinski definition) is 4. The van der Waals surface area contributed by atoms with Crippen LogP contribution in [0.25, 0.3) is 22.3 Å². The molecule has 0 amide bonds. The zero-order chi connectivity index (χ0) is 20.9. The molecule has 0 spiro atoms. The van der Waals surface area contributed by atoms with Crippen molar-refractivity contribution in [2.24, 2.45) is 0 Å². The Hall–Kier alpha value is -2.82. The number of rotatable bonds is 6. The lowest BCUT2D eigenvalue weighted by Crippen LogP contribution is -2.11. The van der Waals surface area contributed by atoms with Crippen molar-refractivity contribution in [3.05, 3.63) is 59.5 Å². The van der Waals surface area contributed by atoms with Crippen molar-refractivity contribution in [1.29, 1.82) is 0 Å². The Morgan fingerprint density at radius 2 is 1.80 bits per heavy atom. The first-order valence-electron chi connectivity index (χ1n) is 10.9. The third-order valence-corrected chi connectivity index (χ3v) is 5.77. The highest BCUT2D eigenvalue weighted by molar-refractivity contribution is 5.94. The van der Waals surface area contributed by atoms with Crippen LogP contribution in [0.4, 0.5) is 4.39 Å². The van der Waals surface area contributed by atoms with Gasteiger partial charge in [-0.25, -0.2) is 19.2 Å². The van der Waals surface area contributed by atoms with E-state index in [-0.39, 0.29) is 11.8 Å². The first-order valence-corrected chi connectivity index (χ1v) is 10.9. The van der Waals surface area contributed by atoms with Gasteiger partial charge in [0.25, 0.3) is 0 Å². The zero-order valence-corrected chi connectivity index (χ0v) is 17.4. The molecule has 30 heavy (non-hydrogen) atoms. The molecule has 0 atom stereocenters. The number of esters is 1. The Labute approximate surface area is 176 Å².